The zero-order valence-corrected chi connectivity index (χ0v) is 35.6. The van der Waals surface area contributed by atoms with Crippen LogP contribution >= 0.6 is 0 Å². The van der Waals surface area contributed by atoms with Gasteiger partial charge in [0, 0.05) is 0 Å². The molecule has 1 amide bonds. The van der Waals surface area contributed by atoms with Crippen molar-refractivity contribution in [3.8, 4) is 0 Å². The van der Waals surface area contributed by atoms with Crippen molar-refractivity contribution in [1.82, 2.24) is 5.32 Å². The molecule has 1 aliphatic heterocycles. The quantitative estimate of drug-likeness (QED) is 0.0192. The minimum absolute atomic E-state index is 0.231. The Labute approximate surface area is 339 Å². The Morgan fingerprint density at radius 3 is 1.62 bits per heavy atom. The van der Waals surface area contributed by atoms with E-state index in [1.165, 1.54) is 109 Å². The van der Waals surface area contributed by atoms with Crippen LogP contribution in [-0.4, -0.2) is 107 Å². The van der Waals surface area contributed by atoms with Gasteiger partial charge in [0.05, 0.1) is 25.4 Å². The number of hydrogen-bond donors (Lipinski definition) is 7. The van der Waals surface area contributed by atoms with Crippen molar-refractivity contribution in [3.63, 3.8) is 0 Å². The third kappa shape index (κ3) is 26.0. The van der Waals surface area contributed by atoms with Gasteiger partial charge in [-0.3, -0.25) is 9.35 Å². The molecule has 0 saturated carbocycles. The lowest BCUT2D eigenvalue weighted by Crippen LogP contribution is -2.61. The van der Waals surface area contributed by atoms with Gasteiger partial charge in [0.1, 0.15) is 30.5 Å². The van der Waals surface area contributed by atoms with Crippen molar-refractivity contribution in [1.29, 1.82) is 0 Å². The maximum atomic E-state index is 13.1. The first-order valence-corrected chi connectivity index (χ1v) is 23.5. The highest BCUT2D eigenvalue weighted by Gasteiger charge is 2.48. The van der Waals surface area contributed by atoms with Gasteiger partial charge in [0.15, 0.2) is 6.29 Å². The number of hydrogen-bond acceptors (Lipinski definition) is 11. The highest BCUT2D eigenvalue weighted by molar-refractivity contribution is 7.80. The number of nitrogens with one attached hydrogen (secondary N) is 1. The maximum Gasteiger partial charge on any atom is 0.397 e. The SMILES string of the molecule is CCCCCCCC/C=C\CCCCC(O)C(=O)NC(COC1OC(CO)C(O)C(OS(=O)(=O)O)C1O)C(O)CCCCCCCCCCCCCCCCC. The van der Waals surface area contributed by atoms with E-state index in [4.69, 9.17) is 14.0 Å². The van der Waals surface area contributed by atoms with E-state index in [1.807, 2.05) is 0 Å². The van der Waals surface area contributed by atoms with Gasteiger partial charge in [0.25, 0.3) is 0 Å². The fourth-order valence-corrected chi connectivity index (χ4v) is 7.61. The molecule has 1 fully saturated rings. The maximum absolute atomic E-state index is 13.1. The van der Waals surface area contributed by atoms with Crippen molar-refractivity contribution < 1.29 is 57.0 Å². The van der Waals surface area contributed by atoms with Crippen LogP contribution in [0.5, 0.6) is 0 Å². The van der Waals surface area contributed by atoms with Crippen LogP contribution < -0.4 is 5.32 Å². The first-order valence-electron chi connectivity index (χ1n) is 22.2. The number of unbranched alkanes of at least 4 members (excludes halogenated alkanes) is 22. The third-order valence-corrected chi connectivity index (χ3v) is 11.1. The highest BCUT2D eigenvalue weighted by atomic mass is 32.3. The molecule has 332 valence electrons. The van der Waals surface area contributed by atoms with E-state index in [9.17, 15) is 38.7 Å². The van der Waals surface area contributed by atoms with E-state index in [0.717, 1.165) is 38.5 Å². The second-order valence-corrected chi connectivity index (χ2v) is 16.8. The third-order valence-electron chi connectivity index (χ3n) is 10.7. The molecule has 0 aromatic carbocycles. The number of carbonyl (C=O) groups excluding carboxylic acids is 1. The minimum atomic E-state index is -5.11. The van der Waals surface area contributed by atoms with Gasteiger partial charge in [-0.15, -0.1) is 0 Å². The Kier molecular flexibility index (Phi) is 31.7. The Morgan fingerprint density at radius 1 is 0.696 bits per heavy atom. The summed E-state index contributed by atoms with van der Waals surface area (Å²) in [6, 6.07) is -1.04. The van der Waals surface area contributed by atoms with Crippen LogP contribution in [0.15, 0.2) is 12.2 Å². The predicted octanol–water partition coefficient (Wildman–Crippen LogP) is 6.97. The fourth-order valence-electron chi connectivity index (χ4n) is 7.11. The lowest BCUT2D eigenvalue weighted by atomic mass is 9.99. The molecule has 14 heteroatoms. The molecule has 1 aliphatic rings. The number of amides is 1. The predicted molar refractivity (Wildman–Crippen MR) is 219 cm³/mol. The van der Waals surface area contributed by atoms with Gasteiger partial charge in [-0.25, -0.2) is 4.18 Å². The monoisotopic (exact) mass is 824 g/mol. The first kappa shape index (κ1) is 52.8. The van der Waals surface area contributed by atoms with Crippen molar-refractivity contribution in [2.45, 2.75) is 236 Å². The minimum Gasteiger partial charge on any atom is -0.394 e. The second kappa shape index (κ2) is 33.6. The molecule has 8 atom stereocenters. The van der Waals surface area contributed by atoms with E-state index < -0.39 is 78.5 Å². The van der Waals surface area contributed by atoms with Crippen molar-refractivity contribution in [2.24, 2.45) is 0 Å². The molecule has 0 spiro atoms. The normalized spacial score (nSPS) is 22.0. The van der Waals surface area contributed by atoms with Crippen LogP contribution in [0.4, 0.5) is 0 Å². The molecular weight excluding hydrogens is 743 g/mol. The molecule has 1 saturated heterocycles. The van der Waals surface area contributed by atoms with Gasteiger partial charge in [-0.05, 0) is 38.5 Å². The van der Waals surface area contributed by atoms with E-state index in [-0.39, 0.29) is 6.42 Å². The molecule has 13 nitrogen and oxygen atoms in total. The number of aliphatic hydroxyl groups is 5. The van der Waals surface area contributed by atoms with Gasteiger partial charge < -0.3 is 40.3 Å². The Balaban J connectivity index is 2.61. The number of aliphatic hydroxyl groups excluding tert-OH is 5. The molecule has 56 heavy (non-hydrogen) atoms. The first-order chi connectivity index (χ1) is 26.9. The van der Waals surface area contributed by atoms with Crippen molar-refractivity contribution in [2.75, 3.05) is 13.2 Å². The number of carbonyl (C=O) groups is 1. The summed E-state index contributed by atoms with van der Waals surface area (Å²) in [5.74, 6) is -0.686. The zero-order chi connectivity index (χ0) is 41.4. The average Bonchev–Trinajstić information content (AvgIpc) is 3.16. The lowest BCUT2D eigenvalue weighted by Gasteiger charge is -2.41. The summed E-state index contributed by atoms with van der Waals surface area (Å²) < 4.78 is 47.5. The number of ether oxygens (including phenoxy) is 2. The van der Waals surface area contributed by atoms with Crippen LogP contribution in [0.25, 0.3) is 0 Å². The van der Waals surface area contributed by atoms with E-state index >= 15 is 0 Å². The molecule has 8 unspecified atom stereocenters. The van der Waals surface area contributed by atoms with E-state index in [0.29, 0.717) is 19.3 Å². The molecule has 0 radical (unpaired) electrons. The summed E-state index contributed by atoms with van der Waals surface area (Å²) in [5.41, 5.74) is 0. The fraction of sp³-hybridized carbons (Fsp3) is 0.929. The topological polar surface area (TPSA) is 212 Å². The van der Waals surface area contributed by atoms with E-state index in [2.05, 4.69) is 35.5 Å². The largest absolute Gasteiger partial charge is 0.397 e. The van der Waals surface area contributed by atoms with Gasteiger partial charge >= 0.3 is 10.4 Å². The number of rotatable bonds is 37. The number of allylic oxidation sites excluding steroid dienone is 2. The van der Waals surface area contributed by atoms with Crippen LogP contribution in [0.1, 0.15) is 187 Å². The zero-order valence-electron chi connectivity index (χ0n) is 34.8. The smallest absolute Gasteiger partial charge is 0.394 e. The van der Waals surface area contributed by atoms with Crippen molar-refractivity contribution >= 4 is 16.3 Å². The average molecular weight is 824 g/mol. The second-order valence-electron chi connectivity index (χ2n) is 15.8. The molecular formula is C42H81NO12S. The summed E-state index contributed by atoms with van der Waals surface area (Å²) in [6.45, 7) is 3.24. The lowest BCUT2D eigenvalue weighted by molar-refractivity contribution is -0.298. The summed E-state index contributed by atoms with van der Waals surface area (Å²) >= 11 is 0. The molecule has 1 rings (SSSR count). The van der Waals surface area contributed by atoms with Crippen LogP contribution in [0.3, 0.4) is 0 Å². The molecule has 7 N–H and O–H groups in total. The van der Waals surface area contributed by atoms with Gasteiger partial charge in [-0.1, -0.05) is 161 Å². The standard InChI is InChI=1S/C42H81NO12S/c1-3-5-7-9-11-13-15-17-18-19-21-22-24-26-28-30-35(45)34(33-53-42-39(48)40(55-56(50,51)52)38(47)37(32-44)54-42)43-41(49)36(46)31-29-27-25-23-20-16-14-12-10-8-6-4-2/h20,23,34-40,42,44-48H,3-19,21-22,24-33H2,1-2H3,(H,43,49)(H,50,51,52)/b23-20-. The summed E-state index contributed by atoms with van der Waals surface area (Å²) in [5, 5.41) is 55.2. The van der Waals surface area contributed by atoms with Crippen LogP contribution in [-0.2, 0) is 28.9 Å². The van der Waals surface area contributed by atoms with Gasteiger partial charge in [0.2, 0.25) is 5.91 Å². The molecule has 0 aliphatic carbocycles. The highest BCUT2D eigenvalue weighted by Crippen LogP contribution is 2.26. The Morgan fingerprint density at radius 2 is 1.14 bits per heavy atom. The Bertz CT molecular complexity index is 1080. The summed E-state index contributed by atoms with van der Waals surface area (Å²) in [6.07, 6.45) is 22.6. The summed E-state index contributed by atoms with van der Waals surface area (Å²) in [7, 11) is -5.11. The van der Waals surface area contributed by atoms with Gasteiger partial charge in [-0.2, -0.15) is 8.42 Å². The molecule has 0 bridgehead atoms. The Hall–Kier alpha value is -1.20. The molecule has 0 aromatic heterocycles. The van der Waals surface area contributed by atoms with Crippen LogP contribution in [0.2, 0.25) is 0 Å². The van der Waals surface area contributed by atoms with Crippen molar-refractivity contribution in [3.05, 3.63) is 12.2 Å². The van der Waals surface area contributed by atoms with Crippen LogP contribution in [0, 0.1) is 0 Å². The molecule has 1 heterocycles. The molecule has 0 aromatic rings. The van der Waals surface area contributed by atoms with E-state index in [1.54, 1.807) is 0 Å². The summed E-state index contributed by atoms with van der Waals surface area (Å²) in [4.78, 5) is 13.1.